The minimum Gasteiger partial charge on any atom is -0.463 e. The van der Waals surface area contributed by atoms with E-state index in [1.807, 2.05) is 27.7 Å². The largest absolute Gasteiger partial charge is 0.525 e. The van der Waals surface area contributed by atoms with E-state index in [0.717, 1.165) is 5.57 Å². The van der Waals surface area contributed by atoms with Crippen LogP contribution < -0.4 is 4.74 Å². The molecule has 0 radical (unpaired) electrons. The van der Waals surface area contributed by atoms with Gasteiger partial charge >= 0.3 is 13.1 Å². The van der Waals surface area contributed by atoms with Crippen molar-refractivity contribution in [2.45, 2.75) is 51.7 Å². The van der Waals surface area contributed by atoms with E-state index in [9.17, 15) is 4.39 Å². The van der Waals surface area contributed by atoms with Crippen molar-refractivity contribution in [3.05, 3.63) is 28.7 Å². The van der Waals surface area contributed by atoms with Gasteiger partial charge in [0.05, 0.1) is 35.2 Å². The number of nitrogens with zero attached hydrogens (tertiary/aromatic N) is 2. The Morgan fingerprint density at radius 3 is 2.33 bits per heavy atom. The van der Waals surface area contributed by atoms with Crippen LogP contribution in [0.4, 0.5) is 4.39 Å². The number of rotatable bonds is 4. The van der Waals surface area contributed by atoms with Gasteiger partial charge in [-0.05, 0) is 46.1 Å². The summed E-state index contributed by atoms with van der Waals surface area (Å²) in [5.74, 6) is 0.243. The van der Waals surface area contributed by atoms with Gasteiger partial charge in [-0.15, -0.1) is 0 Å². The van der Waals surface area contributed by atoms with Crippen molar-refractivity contribution in [2.75, 3.05) is 6.61 Å². The summed E-state index contributed by atoms with van der Waals surface area (Å²) in [4.78, 5) is 7.93. The number of allylic oxidation sites excluding steroid dienone is 1. The molecule has 3 rings (SSSR count). The molecule has 0 N–H and O–H groups in total. The summed E-state index contributed by atoms with van der Waals surface area (Å²) in [7, 11) is -0.911. The minimum absolute atomic E-state index is 0.243. The van der Waals surface area contributed by atoms with Gasteiger partial charge in [0.25, 0.3) is 0 Å². The fourth-order valence-corrected chi connectivity index (χ4v) is 2.73. The predicted molar refractivity (Wildman–Crippen MR) is 89.5 cm³/mol. The lowest BCUT2D eigenvalue weighted by Gasteiger charge is -2.32. The smallest absolute Gasteiger partial charge is 0.463 e. The van der Waals surface area contributed by atoms with Crippen molar-refractivity contribution >= 4 is 18.7 Å². The maximum atomic E-state index is 14.6. The molecule has 0 unspecified atom stereocenters. The van der Waals surface area contributed by atoms with Crippen LogP contribution in [0.25, 0.3) is 0 Å². The maximum absolute atomic E-state index is 14.6. The van der Waals surface area contributed by atoms with Gasteiger partial charge in [0.2, 0.25) is 0 Å². The summed E-state index contributed by atoms with van der Waals surface area (Å²) in [6.45, 7) is 8.09. The second-order valence-corrected chi connectivity index (χ2v) is 7.75. The average molecular weight is 355 g/mol. The standard InChI is InChI=1S/C16H21BClFN2O3/c1-15(2)16(3,4)24-17(23-15)13(19)11-5-10(6-11)9-22-14-20-7-12(18)8-21-14/h7-8,10H,5-6,9H2,1-4H3. The highest BCUT2D eigenvalue weighted by atomic mass is 35.5. The van der Waals surface area contributed by atoms with Crippen molar-refractivity contribution < 1.29 is 18.4 Å². The highest BCUT2D eigenvalue weighted by Crippen LogP contribution is 2.43. The Morgan fingerprint density at radius 1 is 1.25 bits per heavy atom. The molecule has 1 aliphatic heterocycles. The normalized spacial score (nSPS) is 24.7. The van der Waals surface area contributed by atoms with E-state index in [1.54, 1.807) is 0 Å². The molecule has 0 amide bonds. The SMILES string of the molecule is CC1(C)OB(C(F)=C2CC(COc3ncc(Cl)cn3)C2)OC1(C)C. The highest BCUT2D eigenvalue weighted by Gasteiger charge is 2.54. The van der Waals surface area contributed by atoms with E-state index in [0.29, 0.717) is 24.5 Å². The van der Waals surface area contributed by atoms with Crippen LogP contribution in [0.3, 0.4) is 0 Å². The Bertz CT molecular complexity index is 627. The molecule has 2 aliphatic rings. The molecule has 0 bridgehead atoms. The van der Waals surface area contributed by atoms with Gasteiger partial charge in [-0.2, -0.15) is 0 Å². The number of ether oxygens (including phenoxy) is 1. The second kappa shape index (κ2) is 6.28. The summed E-state index contributed by atoms with van der Waals surface area (Å²) in [5, 5.41) is 0.459. The molecule has 0 atom stereocenters. The quantitative estimate of drug-likeness (QED) is 0.770. The lowest BCUT2D eigenvalue weighted by atomic mass is 9.73. The van der Waals surface area contributed by atoms with Crippen LogP contribution in [0.1, 0.15) is 40.5 Å². The third-order valence-corrected chi connectivity index (χ3v) is 5.11. The van der Waals surface area contributed by atoms with Gasteiger partial charge in [0, 0.05) is 5.92 Å². The van der Waals surface area contributed by atoms with Gasteiger partial charge in [0.15, 0.2) is 0 Å². The van der Waals surface area contributed by atoms with Crippen LogP contribution in [0.15, 0.2) is 23.7 Å². The highest BCUT2D eigenvalue weighted by molar-refractivity contribution is 6.53. The molecule has 24 heavy (non-hydrogen) atoms. The fourth-order valence-electron chi connectivity index (χ4n) is 2.63. The van der Waals surface area contributed by atoms with E-state index in [1.165, 1.54) is 12.4 Å². The molecule has 5 nitrogen and oxygen atoms in total. The molecule has 1 saturated heterocycles. The zero-order chi connectivity index (χ0) is 17.5. The first-order valence-corrected chi connectivity index (χ1v) is 8.39. The number of aromatic nitrogens is 2. The van der Waals surface area contributed by atoms with Gasteiger partial charge in [0.1, 0.15) is 5.73 Å². The zero-order valence-corrected chi connectivity index (χ0v) is 15.1. The fraction of sp³-hybridized carbons (Fsp3) is 0.625. The molecule has 8 heteroatoms. The number of hydrogen-bond acceptors (Lipinski definition) is 5. The molecule has 2 fully saturated rings. The molecule has 1 aromatic rings. The molecule has 2 heterocycles. The average Bonchev–Trinajstić information content (AvgIpc) is 2.67. The van der Waals surface area contributed by atoms with Crippen LogP contribution in [0.2, 0.25) is 5.02 Å². The maximum Gasteiger partial charge on any atom is 0.525 e. The van der Waals surface area contributed by atoms with Crippen LogP contribution in [0.5, 0.6) is 6.01 Å². The van der Waals surface area contributed by atoms with E-state index in [4.69, 9.17) is 25.6 Å². The third kappa shape index (κ3) is 3.43. The van der Waals surface area contributed by atoms with E-state index >= 15 is 0 Å². The Labute approximate surface area is 146 Å². The van der Waals surface area contributed by atoms with E-state index in [2.05, 4.69) is 9.97 Å². The van der Waals surface area contributed by atoms with Crippen molar-refractivity contribution in [2.24, 2.45) is 5.92 Å². The summed E-state index contributed by atoms with van der Waals surface area (Å²) in [6.07, 6.45) is 4.22. The molecular weight excluding hydrogens is 333 g/mol. The minimum atomic E-state index is -0.911. The topological polar surface area (TPSA) is 53.5 Å². The van der Waals surface area contributed by atoms with Crippen LogP contribution in [0, 0.1) is 5.92 Å². The second-order valence-electron chi connectivity index (χ2n) is 7.31. The number of halogens is 2. The molecule has 0 aromatic carbocycles. The summed E-state index contributed by atoms with van der Waals surface area (Å²) < 4.78 is 31.5. The van der Waals surface area contributed by atoms with E-state index < -0.39 is 18.3 Å². The first-order chi connectivity index (χ1) is 11.2. The van der Waals surface area contributed by atoms with Crippen LogP contribution >= 0.6 is 11.6 Å². The van der Waals surface area contributed by atoms with Crippen LogP contribution in [-0.4, -0.2) is 34.9 Å². The summed E-state index contributed by atoms with van der Waals surface area (Å²) in [5.41, 5.74) is -0.631. The predicted octanol–water partition coefficient (Wildman–Crippen LogP) is 3.77. The van der Waals surface area contributed by atoms with Crippen molar-refractivity contribution in [1.82, 2.24) is 9.97 Å². The first-order valence-electron chi connectivity index (χ1n) is 8.01. The van der Waals surface area contributed by atoms with Gasteiger partial charge in [-0.25, -0.2) is 14.4 Å². The number of hydrogen-bond donors (Lipinski definition) is 0. The summed E-state index contributed by atoms with van der Waals surface area (Å²) >= 11 is 5.72. The van der Waals surface area contributed by atoms with Crippen LogP contribution in [-0.2, 0) is 9.31 Å². The first kappa shape index (κ1) is 17.6. The summed E-state index contributed by atoms with van der Waals surface area (Å²) in [6, 6.07) is 0.281. The monoisotopic (exact) mass is 354 g/mol. The Morgan fingerprint density at radius 2 is 1.79 bits per heavy atom. The lowest BCUT2D eigenvalue weighted by molar-refractivity contribution is 0.00578. The molecule has 1 aromatic heterocycles. The molecule has 1 aliphatic carbocycles. The lowest BCUT2D eigenvalue weighted by Crippen LogP contribution is -2.41. The third-order valence-electron chi connectivity index (χ3n) is 4.91. The van der Waals surface area contributed by atoms with E-state index in [-0.39, 0.29) is 17.7 Å². The Balaban J connectivity index is 1.52. The molecule has 130 valence electrons. The van der Waals surface area contributed by atoms with Crippen molar-refractivity contribution in [3.8, 4) is 6.01 Å². The molecular formula is C16H21BClFN2O3. The Kier molecular flexibility index (Phi) is 4.62. The van der Waals surface area contributed by atoms with Gasteiger partial charge < -0.3 is 14.0 Å². The van der Waals surface area contributed by atoms with Crippen molar-refractivity contribution in [1.29, 1.82) is 0 Å². The molecule has 0 spiro atoms. The van der Waals surface area contributed by atoms with Gasteiger partial charge in [-0.1, -0.05) is 11.6 Å². The van der Waals surface area contributed by atoms with Gasteiger partial charge in [-0.3, -0.25) is 0 Å². The zero-order valence-electron chi connectivity index (χ0n) is 14.3. The molecule has 1 saturated carbocycles. The van der Waals surface area contributed by atoms with Crippen molar-refractivity contribution in [3.63, 3.8) is 0 Å². The Hall–Kier alpha value is -1.18.